The van der Waals surface area contributed by atoms with Gasteiger partial charge in [-0.05, 0) is 33.8 Å². The van der Waals surface area contributed by atoms with Crippen LogP contribution in [-0.4, -0.2) is 36.6 Å². The molecule has 0 bridgehead atoms. The van der Waals surface area contributed by atoms with Crippen molar-refractivity contribution in [2.75, 3.05) is 5.73 Å². The number of hydrogen-bond acceptors (Lipinski definition) is 5. The van der Waals surface area contributed by atoms with Crippen molar-refractivity contribution in [3.63, 3.8) is 0 Å². The molecule has 24 heavy (non-hydrogen) atoms. The molecule has 2 aromatic heterocycles. The van der Waals surface area contributed by atoms with E-state index in [-0.39, 0.29) is 17.9 Å². The number of nitrogens with zero attached hydrogens (tertiary/aromatic N) is 5. The normalized spacial score (nSPS) is 11.4. The number of rotatable bonds is 5. The summed E-state index contributed by atoms with van der Waals surface area (Å²) < 4.78 is 1.84. The lowest BCUT2D eigenvalue weighted by molar-refractivity contribution is -0.128. The van der Waals surface area contributed by atoms with Crippen LogP contribution in [-0.2, 0) is 18.4 Å². The summed E-state index contributed by atoms with van der Waals surface area (Å²) >= 11 is 0. The standard InChI is InChI=1S/C17H24N6O/c1-11(2)23(10-15-12(3)21-22(5)13(15)4)16(24)7-6-14-8-19-17(18)20-9-14/h6-9,11H,10H2,1-5H3,(H2,18,19,20)/b7-6+. The van der Waals surface area contributed by atoms with Gasteiger partial charge >= 0.3 is 0 Å². The first-order valence-electron chi connectivity index (χ1n) is 7.85. The van der Waals surface area contributed by atoms with Gasteiger partial charge in [0.25, 0.3) is 0 Å². The number of aryl methyl sites for hydroxylation is 2. The quantitative estimate of drug-likeness (QED) is 0.846. The van der Waals surface area contributed by atoms with E-state index in [0.717, 1.165) is 22.5 Å². The topological polar surface area (TPSA) is 89.9 Å². The molecule has 0 atom stereocenters. The van der Waals surface area contributed by atoms with Crippen LogP contribution in [0.5, 0.6) is 0 Å². The van der Waals surface area contributed by atoms with Gasteiger partial charge in [0, 0.05) is 54.9 Å². The minimum absolute atomic E-state index is 0.0653. The molecular weight excluding hydrogens is 304 g/mol. The van der Waals surface area contributed by atoms with Crippen molar-refractivity contribution in [1.82, 2.24) is 24.6 Å². The van der Waals surface area contributed by atoms with Crippen LogP contribution in [0.2, 0.25) is 0 Å². The Morgan fingerprint density at radius 1 is 1.33 bits per heavy atom. The molecule has 0 radical (unpaired) electrons. The molecule has 0 saturated heterocycles. The van der Waals surface area contributed by atoms with Crippen LogP contribution < -0.4 is 5.73 Å². The first-order valence-corrected chi connectivity index (χ1v) is 7.85. The number of nitrogen functional groups attached to an aromatic ring is 1. The zero-order valence-electron chi connectivity index (χ0n) is 14.8. The van der Waals surface area contributed by atoms with Gasteiger partial charge in [-0.25, -0.2) is 9.97 Å². The fourth-order valence-corrected chi connectivity index (χ4v) is 2.43. The summed E-state index contributed by atoms with van der Waals surface area (Å²) in [4.78, 5) is 22.2. The second-order valence-electron chi connectivity index (χ2n) is 6.04. The molecule has 0 unspecified atom stereocenters. The Balaban J connectivity index is 2.17. The van der Waals surface area contributed by atoms with Crippen molar-refractivity contribution in [2.24, 2.45) is 7.05 Å². The van der Waals surface area contributed by atoms with Crippen LogP contribution in [0.15, 0.2) is 18.5 Å². The monoisotopic (exact) mass is 328 g/mol. The molecule has 2 heterocycles. The highest BCUT2D eigenvalue weighted by molar-refractivity contribution is 5.91. The van der Waals surface area contributed by atoms with Crippen molar-refractivity contribution < 1.29 is 4.79 Å². The van der Waals surface area contributed by atoms with Gasteiger partial charge in [-0.1, -0.05) is 0 Å². The van der Waals surface area contributed by atoms with Crippen molar-refractivity contribution in [1.29, 1.82) is 0 Å². The highest BCUT2D eigenvalue weighted by Crippen LogP contribution is 2.17. The van der Waals surface area contributed by atoms with Gasteiger partial charge in [-0.15, -0.1) is 0 Å². The van der Waals surface area contributed by atoms with Crippen LogP contribution in [0.4, 0.5) is 5.95 Å². The lowest BCUT2D eigenvalue weighted by Gasteiger charge is -2.25. The summed E-state index contributed by atoms with van der Waals surface area (Å²) in [6.07, 6.45) is 6.40. The Morgan fingerprint density at radius 2 is 1.96 bits per heavy atom. The molecule has 0 fully saturated rings. The smallest absolute Gasteiger partial charge is 0.247 e. The number of amides is 1. The molecule has 2 N–H and O–H groups in total. The lowest BCUT2D eigenvalue weighted by atomic mass is 10.1. The maximum Gasteiger partial charge on any atom is 0.247 e. The fourth-order valence-electron chi connectivity index (χ4n) is 2.43. The molecule has 0 aliphatic carbocycles. The minimum atomic E-state index is -0.0653. The number of carbonyl (C=O) groups excluding carboxylic acids is 1. The molecule has 0 aromatic carbocycles. The summed E-state index contributed by atoms with van der Waals surface area (Å²) in [6.45, 7) is 8.51. The second-order valence-corrected chi connectivity index (χ2v) is 6.04. The van der Waals surface area contributed by atoms with Crippen LogP contribution >= 0.6 is 0 Å². The average Bonchev–Trinajstić information content (AvgIpc) is 2.76. The summed E-state index contributed by atoms with van der Waals surface area (Å²) in [5.74, 6) is 0.147. The number of aromatic nitrogens is 4. The first kappa shape index (κ1) is 17.7. The third-order valence-corrected chi connectivity index (χ3v) is 4.00. The van der Waals surface area contributed by atoms with E-state index in [1.807, 2.05) is 44.3 Å². The molecular formula is C17H24N6O. The Hall–Kier alpha value is -2.70. The summed E-state index contributed by atoms with van der Waals surface area (Å²) in [7, 11) is 1.91. The van der Waals surface area contributed by atoms with E-state index in [2.05, 4.69) is 15.1 Å². The zero-order valence-corrected chi connectivity index (χ0v) is 14.8. The van der Waals surface area contributed by atoms with Gasteiger partial charge in [-0.3, -0.25) is 9.48 Å². The molecule has 2 aromatic rings. The van der Waals surface area contributed by atoms with Crippen LogP contribution in [0.3, 0.4) is 0 Å². The van der Waals surface area contributed by atoms with Crippen molar-refractivity contribution >= 4 is 17.9 Å². The van der Waals surface area contributed by atoms with Crippen molar-refractivity contribution in [2.45, 2.75) is 40.3 Å². The van der Waals surface area contributed by atoms with Gasteiger partial charge in [0.05, 0.1) is 5.69 Å². The predicted molar refractivity (Wildman–Crippen MR) is 93.8 cm³/mol. The highest BCUT2D eigenvalue weighted by Gasteiger charge is 2.19. The molecule has 0 saturated carbocycles. The molecule has 0 spiro atoms. The summed E-state index contributed by atoms with van der Waals surface area (Å²) in [6, 6.07) is 0.0730. The highest BCUT2D eigenvalue weighted by atomic mass is 16.2. The van der Waals surface area contributed by atoms with E-state index in [9.17, 15) is 4.79 Å². The number of hydrogen-bond donors (Lipinski definition) is 1. The fraction of sp³-hybridized carbons (Fsp3) is 0.412. The zero-order chi connectivity index (χ0) is 17.9. The predicted octanol–water partition coefficient (Wildman–Crippen LogP) is 1.86. The van der Waals surface area contributed by atoms with Gasteiger partial charge in [0.15, 0.2) is 0 Å². The Kier molecular flexibility index (Phi) is 5.33. The molecule has 7 heteroatoms. The number of anilines is 1. The van der Waals surface area contributed by atoms with Crippen molar-refractivity contribution in [3.05, 3.63) is 41.0 Å². The largest absolute Gasteiger partial charge is 0.368 e. The second kappa shape index (κ2) is 7.25. The van der Waals surface area contributed by atoms with E-state index in [0.29, 0.717) is 6.54 Å². The minimum Gasteiger partial charge on any atom is -0.368 e. The van der Waals surface area contributed by atoms with E-state index in [1.165, 1.54) is 6.08 Å². The first-order chi connectivity index (χ1) is 11.3. The Morgan fingerprint density at radius 3 is 2.46 bits per heavy atom. The van der Waals surface area contributed by atoms with Gasteiger partial charge in [0.2, 0.25) is 11.9 Å². The summed E-state index contributed by atoms with van der Waals surface area (Å²) in [5, 5.41) is 4.42. The Bertz CT molecular complexity index is 745. The van der Waals surface area contributed by atoms with Crippen molar-refractivity contribution in [3.8, 4) is 0 Å². The third-order valence-electron chi connectivity index (χ3n) is 4.00. The summed E-state index contributed by atoms with van der Waals surface area (Å²) in [5.41, 5.74) is 9.30. The van der Waals surface area contributed by atoms with E-state index in [4.69, 9.17) is 5.73 Å². The van der Waals surface area contributed by atoms with Crippen LogP contribution in [0, 0.1) is 13.8 Å². The van der Waals surface area contributed by atoms with Gasteiger partial charge in [0.1, 0.15) is 0 Å². The maximum absolute atomic E-state index is 12.6. The molecule has 1 amide bonds. The van der Waals surface area contributed by atoms with E-state index >= 15 is 0 Å². The van der Waals surface area contributed by atoms with Gasteiger partial charge in [-0.2, -0.15) is 5.10 Å². The molecule has 0 aliphatic heterocycles. The Labute approximate surface area is 142 Å². The van der Waals surface area contributed by atoms with Gasteiger partial charge < -0.3 is 10.6 Å². The number of nitrogens with two attached hydrogens (primary N) is 1. The third kappa shape index (κ3) is 3.98. The van der Waals surface area contributed by atoms with Crippen LogP contribution in [0.1, 0.15) is 36.4 Å². The molecule has 7 nitrogen and oxygen atoms in total. The maximum atomic E-state index is 12.6. The van der Waals surface area contributed by atoms with E-state index in [1.54, 1.807) is 18.5 Å². The average molecular weight is 328 g/mol. The van der Waals surface area contributed by atoms with Crippen LogP contribution in [0.25, 0.3) is 6.08 Å². The molecule has 128 valence electrons. The SMILES string of the molecule is Cc1nn(C)c(C)c1CN(C(=O)/C=C/c1cnc(N)nc1)C(C)C. The molecule has 0 aliphatic rings. The lowest BCUT2D eigenvalue weighted by Crippen LogP contribution is -2.35. The number of carbonyl (C=O) groups is 1. The molecule has 2 rings (SSSR count). The van der Waals surface area contributed by atoms with E-state index < -0.39 is 0 Å².